The second kappa shape index (κ2) is 5.85. The molecule has 2 heterocycles. The third kappa shape index (κ3) is 3.04. The lowest BCUT2D eigenvalue weighted by atomic mass is 10.1. The minimum atomic E-state index is 0.515. The van der Waals surface area contributed by atoms with Gasteiger partial charge in [-0.25, -0.2) is 4.98 Å². The van der Waals surface area contributed by atoms with E-state index in [2.05, 4.69) is 62.2 Å². The summed E-state index contributed by atoms with van der Waals surface area (Å²) in [5.74, 6) is 0. The van der Waals surface area contributed by atoms with E-state index in [0.29, 0.717) is 6.04 Å². The van der Waals surface area contributed by atoms with Gasteiger partial charge in [0.2, 0.25) is 0 Å². The molecule has 3 heteroatoms. The molecule has 0 aliphatic carbocycles. The molecule has 1 fully saturated rings. The Bertz CT molecular complexity index is 524. The molecule has 1 aliphatic rings. The summed E-state index contributed by atoms with van der Waals surface area (Å²) in [4.78, 5) is 6.91. The molecule has 0 spiro atoms. The minimum Gasteiger partial charge on any atom is -0.292 e. The Morgan fingerprint density at radius 2 is 2.00 bits per heavy atom. The van der Waals surface area contributed by atoms with Crippen LogP contribution in [0.2, 0.25) is 0 Å². The molecule has 0 saturated carbocycles. The van der Waals surface area contributed by atoms with Gasteiger partial charge in [-0.1, -0.05) is 36.4 Å². The number of hydrogen-bond donors (Lipinski definition) is 0. The predicted octanol–water partition coefficient (Wildman–Crippen LogP) is 4.18. The highest BCUT2D eigenvalue weighted by Crippen LogP contribution is 2.33. The number of halogens is 1. The van der Waals surface area contributed by atoms with Crippen molar-refractivity contribution in [2.45, 2.75) is 25.4 Å². The van der Waals surface area contributed by atoms with E-state index in [1.54, 1.807) is 0 Å². The first-order valence-electron chi connectivity index (χ1n) is 6.72. The maximum Gasteiger partial charge on any atom is 0.106 e. The van der Waals surface area contributed by atoms with Crippen LogP contribution in [-0.4, -0.2) is 16.4 Å². The molecule has 98 valence electrons. The van der Waals surface area contributed by atoms with Crippen molar-refractivity contribution in [2.24, 2.45) is 0 Å². The Balaban J connectivity index is 1.76. The lowest BCUT2D eigenvalue weighted by Crippen LogP contribution is -2.22. The van der Waals surface area contributed by atoms with Gasteiger partial charge in [0.1, 0.15) is 4.60 Å². The van der Waals surface area contributed by atoms with Crippen molar-refractivity contribution < 1.29 is 0 Å². The van der Waals surface area contributed by atoms with E-state index in [0.717, 1.165) is 11.1 Å². The molecule has 2 aromatic rings. The van der Waals surface area contributed by atoms with Gasteiger partial charge in [0, 0.05) is 18.8 Å². The molecule has 19 heavy (non-hydrogen) atoms. The quantitative estimate of drug-likeness (QED) is 0.790. The Morgan fingerprint density at radius 1 is 1.16 bits per heavy atom. The number of rotatable bonds is 3. The first-order valence-corrected chi connectivity index (χ1v) is 7.51. The molecule has 2 nitrogen and oxygen atoms in total. The van der Waals surface area contributed by atoms with E-state index < -0.39 is 0 Å². The van der Waals surface area contributed by atoms with Gasteiger partial charge in [0.15, 0.2) is 0 Å². The topological polar surface area (TPSA) is 16.1 Å². The molecule has 0 radical (unpaired) electrons. The van der Waals surface area contributed by atoms with E-state index in [9.17, 15) is 0 Å². The number of likely N-dealkylation sites (tertiary alicyclic amines) is 1. The van der Waals surface area contributed by atoms with Gasteiger partial charge in [-0.15, -0.1) is 0 Å². The Kier molecular flexibility index (Phi) is 3.95. The van der Waals surface area contributed by atoms with E-state index in [1.807, 2.05) is 12.3 Å². The normalized spacial score (nSPS) is 19.7. The summed E-state index contributed by atoms with van der Waals surface area (Å²) in [6, 6.07) is 15.4. The first-order chi connectivity index (χ1) is 9.33. The van der Waals surface area contributed by atoms with Gasteiger partial charge < -0.3 is 0 Å². The molecular formula is C16H17BrN2. The molecule has 0 bridgehead atoms. The van der Waals surface area contributed by atoms with Crippen molar-refractivity contribution in [3.8, 4) is 0 Å². The van der Waals surface area contributed by atoms with Gasteiger partial charge in [-0.2, -0.15) is 0 Å². The van der Waals surface area contributed by atoms with Gasteiger partial charge in [0.25, 0.3) is 0 Å². The summed E-state index contributed by atoms with van der Waals surface area (Å²) in [6.07, 6.45) is 4.50. The fourth-order valence-corrected chi connectivity index (χ4v) is 3.03. The van der Waals surface area contributed by atoms with Crippen molar-refractivity contribution >= 4 is 15.9 Å². The van der Waals surface area contributed by atoms with Gasteiger partial charge in [0.05, 0.1) is 0 Å². The molecule has 3 rings (SSSR count). The zero-order valence-corrected chi connectivity index (χ0v) is 12.4. The van der Waals surface area contributed by atoms with Crippen LogP contribution in [-0.2, 0) is 6.54 Å². The van der Waals surface area contributed by atoms with Crippen LogP contribution < -0.4 is 0 Å². The summed E-state index contributed by atoms with van der Waals surface area (Å²) in [5, 5.41) is 0. The molecule has 1 saturated heterocycles. The van der Waals surface area contributed by atoms with E-state index in [1.165, 1.54) is 30.5 Å². The van der Waals surface area contributed by atoms with Gasteiger partial charge >= 0.3 is 0 Å². The first kappa shape index (κ1) is 12.8. The minimum absolute atomic E-state index is 0.515. The van der Waals surface area contributed by atoms with Crippen molar-refractivity contribution in [3.63, 3.8) is 0 Å². The summed E-state index contributed by atoms with van der Waals surface area (Å²) < 4.78 is 0.906. The molecule has 0 amide bonds. The SMILES string of the molecule is Brc1ccc([C@@H]2CCCN2Cc2ccccc2)cn1. The van der Waals surface area contributed by atoms with Crippen LogP contribution in [0.1, 0.15) is 30.0 Å². The molecule has 1 atom stereocenters. The maximum absolute atomic E-state index is 4.36. The third-order valence-electron chi connectivity index (χ3n) is 3.73. The number of hydrogen-bond acceptors (Lipinski definition) is 2. The molecule has 0 unspecified atom stereocenters. The van der Waals surface area contributed by atoms with Crippen molar-refractivity contribution in [1.82, 2.24) is 9.88 Å². The Morgan fingerprint density at radius 3 is 2.74 bits per heavy atom. The second-order valence-corrected chi connectivity index (χ2v) is 5.84. The average Bonchev–Trinajstić information content (AvgIpc) is 2.89. The largest absolute Gasteiger partial charge is 0.292 e. The van der Waals surface area contributed by atoms with Gasteiger partial charge in [-0.05, 0) is 52.5 Å². The number of benzene rings is 1. The summed E-state index contributed by atoms with van der Waals surface area (Å²) in [7, 11) is 0. The van der Waals surface area contributed by atoms with Crippen LogP contribution in [0.4, 0.5) is 0 Å². The predicted molar refractivity (Wildman–Crippen MR) is 80.8 cm³/mol. The maximum atomic E-state index is 4.36. The van der Waals surface area contributed by atoms with E-state index in [4.69, 9.17) is 0 Å². The summed E-state index contributed by atoms with van der Waals surface area (Å²) >= 11 is 3.40. The van der Waals surface area contributed by atoms with Crippen molar-refractivity contribution in [1.29, 1.82) is 0 Å². The molecule has 1 aliphatic heterocycles. The Labute approximate surface area is 122 Å². The highest BCUT2D eigenvalue weighted by molar-refractivity contribution is 9.10. The molecule has 0 N–H and O–H groups in total. The summed E-state index contributed by atoms with van der Waals surface area (Å²) in [6.45, 7) is 2.21. The van der Waals surface area contributed by atoms with Crippen molar-refractivity contribution in [2.75, 3.05) is 6.54 Å². The lowest BCUT2D eigenvalue weighted by molar-refractivity contribution is 0.248. The zero-order chi connectivity index (χ0) is 13.1. The van der Waals surface area contributed by atoms with Crippen LogP contribution in [0.15, 0.2) is 53.3 Å². The standard InChI is InChI=1S/C16H17BrN2/c17-16-9-8-14(11-18-16)15-7-4-10-19(15)12-13-5-2-1-3-6-13/h1-3,5-6,8-9,11,15H,4,7,10,12H2/t15-/m0/s1. The highest BCUT2D eigenvalue weighted by atomic mass is 79.9. The van der Waals surface area contributed by atoms with Crippen LogP contribution in [0.3, 0.4) is 0 Å². The molecule has 1 aromatic carbocycles. The van der Waals surface area contributed by atoms with Gasteiger partial charge in [-0.3, -0.25) is 4.90 Å². The monoisotopic (exact) mass is 316 g/mol. The Hall–Kier alpha value is -1.19. The van der Waals surface area contributed by atoms with Crippen LogP contribution in [0, 0.1) is 0 Å². The summed E-state index contributed by atoms with van der Waals surface area (Å²) in [5.41, 5.74) is 2.72. The average molecular weight is 317 g/mol. The highest BCUT2D eigenvalue weighted by Gasteiger charge is 2.25. The van der Waals surface area contributed by atoms with Crippen LogP contribution in [0.5, 0.6) is 0 Å². The smallest absolute Gasteiger partial charge is 0.106 e. The van der Waals surface area contributed by atoms with Crippen LogP contribution in [0.25, 0.3) is 0 Å². The van der Waals surface area contributed by atoms with E-state index >= 15 is 0 Å². The number of aromatic nitrogens is 1. The van der Waals surface area contributed by atoms with Crippen LogP contribution >= 0.6 is 15.9 Å². The fraction of sp³-hybridized carbons (Fsp3) is 0.312. The van der Waals surface area contributed by atoms with E-state index in [-0.39, 0.29) is 0 Å². The molecule has 1 aromatic heterocycles. The number of pyridine rings is 1. The zero-order valence-electron chi connectivity index (χ0n) is 10.8. The lowest BCUT2D eigenvalue weighted by Gasteiger charge is -2.24. The third-order valence-corrected chi connectivity index (χ3v) is 4.20. The second-order valence-electron chi connectivity index (χ2n) is 5.03. The van der Waals surface area contributed by atoms with Crippen molar-refractivity contribution in [3.05, 3.63) is 64.4 Å². The fourth-order valence-electron chi connectivity index (χ4n) is 2.80. The number of nitrogens with zero attached hydrogens (tertiary/aromatic N) is 2. The molecular weight excluding hydrogens is 300 g/mol.